The molecule has 1 heterocycles. The van der Waals surface area contributed by atoms with Gasteiger partial charge in [-0.3, -0.25) is 4.79 Å². The third kappa shape index (κ3) is 3.17. The molecule has 2 aliphatic rings. The maximum absolute atomic E-state index is 11.9. The summed E-state index contributed by atoms with van der Waals surface area (Å²) < 4.78 is 21.9. The van der Waals surface area contributed by atoms with Crippen LogP contribution in [0.25, 0.3) is 0 Å². The average Bonchev–Trinajstić information content (AvgIpc) is 3.26. The zero-order valence-electron chi connectivity index (χ0n) is 13.7. The van der Waals surface area contributed by atoms with E-state index < -0.39 is 26.7 Å². The highest BCUT2D eigenvalue weighted by Crippen LogP contribution is 2.40. The number of aliphatic carboxylic acids is 1. The lowest BCUT2D eigenvalue weighted by atomic mass is 9.96. The molecule has 1 N–H and O–H groups in total. The van der Waals surface area contributed by atoms with Gasteiger partial charge in [0.05, 0.1) is 5.71 Å². The van der Waals surface area contributed by atoms with Gasteiger partial charge in [-0.05, 0) is 36.8 Å². The van der Waals surface area contributed by atoms with E-state index in [1.54, 1.807) is 0 Å². The molecule has 24 heavy (non-hydrogen) atoms. The highest BCUT2D eigenvalue weighted by Gasteiger charge is 2.47. The van der Waals surface area contributed by atoms with Crippen LogP contribution in [0.3, 0.4) is 0 Å². The van der Waals surface area contributed by atoms with Gasteiger partial charge in [-0.25, -0.2) is 8.42 Å². The lowest BCUT2D eigenvalue weighted by Crippen LogP contribution is -2.45. The number of rotatable bonds is 6. The topological polar surface area (TPSA) is 93.0 Å². The maximum Gasteiger partial charge on any atom is 0.324 e. The summed E-state index contributed by atoms with van der Waals surface area (Å²) in [7, 11) is -3.77. The van der Waals surface area contributed by atoms with Crippen LogP contribution in [0, 0.1) is 0 Å². The quantitative estimate of drug-likeness (QED) is 0.849. The van der Waals surface area contributed by atoms with E-state index in [-0.39, 0.29) is 6.42 Å². The molecule has 0 aromatic heterocycles. The van der Waals surface area contributed by atoms with Crippen LogP contribution in [0.1, 0.15) is 49.7 Å². The molecule has 1 aliphatic heterocycles. The molecule has 7 heteroatoms. The first-order valence-corrected chi connectivity index (χ1v) is 9.86. The highest BCUT2D eigenvalue weighted by atomic mass is 32.2. The monoisotopic (exact) mass is 351 g/mol. The summed E-state index contributed by atoms with van der Waals surface area (Å²) in [5, 5.41) is 13.4. The first-order valence-electron chi connectivity index (χ1n) is 7.97. The Labute approximate surface area is 141 Å². The molecule has 1 aliphatic carbocycles. The van der Waals surface area contributed by atoms with E-state index in [0.717, 1.165) is 17.5 Å². The van der Waals surface area contributed by atoms with Gasteiger partial charge in [0.15, 0.2) is 14.6 Å². The lowest BCUT2D eigenvalue weighted by Gasteiger charge is -2.24. The second-order valence-corrected chi connectivity index (χ2v) is 9.32. The van der Waals surface area contributed by atoms with E-state index in [1.807, 2.05) is 12.1 Å². The summed E-state index contributed by atoms with van der Waals surface area (Å²) in [6.07, 6.45) is 3.14. The fraction of sp³-hybridized carbons (Fsp3) is 0.529. The van der Waals surface area contributed by atoms with Gasteiger partial charge in [-0.1, -0.05) is 29.4 Å². The second-order valence-electron chi connectivity index (χ2n) is 6.88. The summed E-state index contributed by atoms with van der Waals surface area (Å²) in [5.74, 6) is -0.685. The van der Waals surface area contributed by atoms with Crippen molar-refractivity contribution in [3.63, 3.8) is 0 Å². The van der Waals surface area contributed by atoms with Gasteiger partial charge in [0.1, 0.15) is 6.10 Å². The highest BCUT2D eigenvalue weighted by molar-refractivity contribution is 7.92. The van der Waals surface area contributed by atoms with Crippen LogP contribution in [0.15, 0.2) is 29.4 Å². The molecule has 0 saturated heterocycles. The standard InChI is InChI=1S/C17H21NO5S/c1-17(16(19)20,24(2,21)22)10-14-9-15(18-23-14)13-7-5-12(6-8-13)11-3-4-11/h5-8,11,14H,3-4,9-10H2,1-2H3,(H,19,20)/t14?,17-/m1/s1. The van der Waals surface area contributed by atoms with Gasteiger partial charge in [0.2, 0.25) is 0 Å². The molecule has 0 amide bonds. The number of benzene rings is 1. The van der Waals surface area contributed by atoms with Gasteiger partial charge < -0.3 is 9.94 Å². The van der Waals surface area contributed by atoms with Crippen molar-refractivity contribution in [1.29, 1.82) is 0 Å². The van der Waals surface area contributed by atoms with Crippen LogP contribution in [0.4, 0.5) is 0 Å². The number of carboxylic acids is 1. The Balaban J connectivity index is 1.69. The minimum atomic E-state index is -3.77. The molecule has 0 radical (unpaired) electrons. The van der Waals surface area contributed by atoms with Crippen molar-refractivity contribution < 1.29 is 23.2 Å². The van der Waals surface area contributed by atoms with E-state index in [9.17, 15) is 18.3 Å². The predicted octanol–water partition coefficient (Wildman–Crippen LogP) is 2.33. The Bertz CT molecular complexity index is 780. The number of hydrogen-bond acceptors (Lipinski definition) is 5. The fourth-order valence-electron chi connectivity index (χ4n) is 2.90. The van der Waals surface area contributed by atoms with Gasteiger partial charge in [-0.15, -0.1) is 0 Å². The summed E-state index contributed by atoms with van der Waals surface area (Å²) in [5.41, 5.74) is 2.98. The Kier molecular flexibility index (Phi) is 4.15. The number of oxime groups is 1. The zero-order chi connectivity index (χ0) is 17.5. The van der Waals surface area contributed by atoms with Crippen LogP contribution in [-0.2, 0) is 19.5 Å². The Morgan fingerprint density at radius 1 is 1.33 bits per heavy atom. The summed E-state index contributed by atoms with van der Waals surface area (Å²) >= 11 is 0. The van der Waals surface area contributed by atoms with E-state index in [0.29, 0.717) is 12.3 Å². The molecule has 3 rings (SSSR count). The van der Waals surface area contributed by atoms with E-state index in [2.05, 4.69) is 17.3 Å². The predicted molar refractivity (Wildman–Crippen MR) is 89.9 cm³/mol. The molecule has 6 nitrogen and oxygen atoms in total. The Morgan fingerprint density at radius 3 is 2.46 bits per heavy atom. The Hall–Kier alpha value is -1.89. The lowest BCUT2D eigenvalue weighted by molar-refractivity contribution is -0.140. The van der Waals surface area contributed by atoms with Crippen LogP contribution >= 0.6 is 0 Å². The first-order chi connectivity index (χ1) is 11.2. The minimum Gasteiger partial charge on any atom is -0.480 e. The van der Waals surface area contributed by atoms with Gasteiger partial charge >= 0.3 is 5.97 Å². The van der Waals surface area contributed by atoms with Gasteiger partial charge in [0.25, 0.3) is 0 Å². The number of carboxylic acid groups (broad SMARTS) is 1. The minimum absolute atomic E-state index is 0.131. The summed E-state index contributed by atoms with van der Waals surface area (Å²) in [4.78, 5) is 16.8. The van der Waals surface area contributed by atoms with Crippen LogP contribution in [-0.4, -0.2) is 42.3 Å². The second kappa shape index (κ2) is 5.88. The molecule has 0 bridgehead atoms. The molecule has 1 aromatic rings. The summed E-state index contributed by atoms with van der Waals surface area (Å²) in [6, 6.07) is 8.15. The number of sulfone groups is 1. The molecular formula is C17H21NO5S. The third-order valence-electron chi connectivity index (χ3n) is 4.91. The van der Waals surface area contributed by atoms with E-state index in [1.165, 1.54) is 25.3 Å². The number of nitrogens with zero attached hydrogens (tertiary/aromatic N) is 1. The van der Waals surface area contributed by atoms with E-state index >= 15 is 0 Å². The van der Waals surface area contributed by atoms with Crippen LogP contribution < -0.4 is 0 Å². The number of carbonyl (C=O) groups is 1. The smallest absolute Gasteiger partial charge is 0.324 e. The molecule has 130 valence electrons. The SMILES string of the molecule is C[C@@](CC1CC(c2ccc(C3CC3)cc2)=NO1)(C(=O)O)S(C)(=O)=O. The van der Waals surface area contributed by atoms with Gasteiger partial charge in [0, 0.05) is 19.1 Å². The first kappa shape index (κ1) is 17.0. The zero-order valence-corrected chi connectivity index (χ0v) is 14.5. The average molecular weight is 351 g/mol. The molecular weight excluding hydrogens is 330 g/mol. The van der Waals surface area contributed by atoms with Gasteiger partial charge in [-0.2, -0.15) is 0 Å². The third-order valence-corrected chi connectivity index (χ3v) is 6.89. The molecule has 1 saturated carbocycles. The maximum atomic E-state index is 11.9. The molecule has 1 aromatic carbocycles. The van der Waals surface area contributed by atoms with Crippen molar-refractivity contribution in [3.8, 4) is 0 Å². The number of hydrogen-bond donors (Lipinski definition) is 1. The largest absolute Gasteiger partial charge is 0.480 e. The van der Waals surface area contributed by atoms with Crippen molar-refractivity contribution in [2.75, 3.05) is 6.26 Å². The van der Waals surface area contributed by atoms with Crippen molar-refractivity contribution >= 4 is 21.5 Å². The summed E-state index contributed by atoms with van der Waals surface area (Å²) in [6.45, 7) is 1.22. The normalized spacial score (nSPS) is 23.2. The Morgan fingerprint density at radius 2 is 1.96 bits per heavy atom. The molecule has 1 unspecified atom stereocenters. The van der Waals surface area contributed by atoms with Crippen molar-refractivity contribution in [2.24, 2.45) is 5.16 Å². The van der Waals surface area contributed by atoms with Crippen LogP contribution in [0.5, 0.6) is 0 Å². The van der Waals surface area contributed by atoms with Crippen molar-refractivity contribution in [2.45, 2.75) is 49.4 Å². The molecule has 0 spiro atoms. The van der Waals surface area contributed by atoms with Crippen molar-refractivity contribution in [3.05, 3.63) is 35.4 Å². The van der Waals surface area contributed by atoms with Crippen molar-refractivity contribution in [1.82, 2.24) is 0 Å². The van der Waals surface area contributed by atoms with E-state index in [4.69, 9.17) is 4.84 Å². The molecule has 2 atom stereocenters. The fourth-order valence-corrected chi connectivity index (χ4v) is 3.71. The van der Waals surface area contributed by atoms with Crippen LogP contribution in [0.2, 0.25) is 0 Å². The molecule has 1 fully saturated rings.